The number of alkyl halides is 3. The highest BCUT2D eigenvalue weighted by Crippen LogP contribution is 2.40. The van der Waals surface area contributed by atoms with Crippen LogP contribution in [-0.2, 0) is 44.3 Å². The van der Waals surface area contributed by atoms with Crippen molar-refractivity contribution in [3.63, 3.8) is 0 Å². The van der Waals surface area contributed by atoms with Crippen LogP contribution in [0.4, 0.5) is 13.2 Å². The van der Waals surface area contributed by atoms with E-state index >= 15 is 0 Å². The lowest BCUT2D eigenvalue weighted by atomic mass is 9.97. The second-order valence-corrected chi connectivity index (χ2v) is 8.28. The Kier molecular flexibility index (Phi) is 9.27. The van der Waals surface area contributed by atoms with Gasteiger partial charge in [0.25, 0.3) is 0 Å². The van der Waals surface area contributed by atoms with Gasteiger partial charge in [-0.05, 0) is 12.1 Å². The summed E-state index contributed by atoms with van der Waals surface area (Å²) in [4.78, 5) is 50.6. The van der Waals surface area contributed by atoms with E-state index in [-0.39, 0.29) is 0 Å². The number of carbonyl (C=O) groups is 4. The Morgan fingerprint density at radius 2 is 1.68 bits per heavy atom. The fraction of sp³-hybridized carbons (Fsp3) is 0.550. The Morgan fingerprint density at radius 1 is 1.06 bits per heavy atom. The van der Waals surface area contributed by atoms with Crippen LogP contribution in [-0.4, -0.2) is 65.2 Å². The van der Waals surface area contributed by atoms with Crippen molar-refractivity contribution in [1.29, 1.82) is 0 Å². The van der Waals surface area contributed by atoms with Crippen molar-refractivity contribution in [2.75, 3.05) is 6.61 Å². The van der Waals surface area contributed by atoms with Crippen molar-refractivity contribution in [1.82, 2.24) is 10.3 Å². The number of esters is 3. The Balaban J connectivity index is 2.53. The smallest absolute Gasteiger partial charge is 0.419 e. The molecule has 1 fully saturated rings. The molecule has 188 valence electrons. The summed E-state index contributed by atoms with van der Waals surface area (Å²) in [6, 6.07) is 0.682. The second-order valence-electron chi connectivity index (χ2n) is 7.19. The van der Waals surface area contributed by atoms with Gasteiger partial charge in [-0.25, -0.2) is 4.98 Å². The highest BCUT2D eigenvalue weighted by Gasteiger charge is 2.51. The zero-order valence-corrected chi connectivity index (χ0v) is 19.4. The first kappa shape index (κ1) is 27.4. The predicted molar refractivity (Wildman–Crippen MR) is 109 cm³/mol. The number of nitrogens with zero attached hydrogens (tertiary/aromatic N) is 1. The summed E-state index contributed by atoms with van der Waals surface area (Å²) >= 11 is 0.518. The minimum Gasteiger partial charge on any atom is -0.463 e. The van der Waals surface area contributed by atoms with E-state index in [1.54, 1.807) is 0 Å². The van der Waals surface area contributed by atoms with Crippen molar-refractivity contribution in [3.05, 3.63) is 23.9 Å². The molecule has 1 saturated heterocycles. The molecule has 1 N–H and O–H groups in total. The number of nitrogens with one attached hydrogen (secondary N) is 1. The first-order valence-electron chi connectivity index (χ1n) is 9.88. The molecule has 14 heteroatoms. The summed E-state index contributed by atoms with van der Waals surface area (Å²) in [7, 11) is 0. The van der Waals surface area contributed by atoms with Gasteiger partial charge < -0.3 is 24.3 Å². The van der Waals surface area contributed by atoms with Crippen molar-refractivity contribution in [2.24, 2.45) is 0 Å². The molecule has 1 aromatic rings. The lowest BCUT2D eigenvalue weighted by molar-refractivity contribution is -0.211. The van der Waals surface area contributed by atoms with E-state index in [1.807, 2.05) is 0 Å². The molecule has 0 bridgehead atoms. The number of carbonyl (C=O) groups excluding carboxylic acids is 4. The summed E-state index contributed by atoms with van der Waals surface area (Å²) in [6.07, 6.45) is -7.55. The van der Waals surface area contributed by atoms with Crippen molar-refractivity contribution < 1.29 is 51.3 Å². The highest BCUT2D eigenvalue weighted by atomic mass is 32.2. The molecular weight excluding hydrogens is 485 g/mol. The van der Waals surface area contributed by atoms with E-state index in [1.165, 1.54) is 0 Å². The average molecular weight is 508 g/mol. The van der Waals surface area contributed by atoms with E-state index in [0.717, 1.165) is 46.0 Å². The van der Waals surface area contributed by atoms with Crippen LogP contribution in [0.25, 0.3) is 0 Å². The first-order valence-corrected chi connectivity index (χ1v) is 10.8. The Bertz CT molecular complexity index is 929. The Morgan fingerprint density at radius 3 is 2.21 bits per heavy atom. The predicted octanol–water partition coefficient (Wildman–Crippen LogP) is 1.85. The monoisotopic (exact) mass is 508 g/mol. The minimum absolute atomic E-state index is 0.464. The minimum atomic E-state index is -4.73. The molecule has 5 atom stereocenters. The molecule has 0 aliphatic carbocycles. The van der Waals surface area contributed by atoms with Gasteiger partial charge in [-0.1, -0.05) is 11.8 Å². The third-order valence-electron chi connectivity index (χ3n) is 4.38. The number of pyridine rings is 1. The largest absolute Gasteiger partial charge is 0.463 e. The number of rotatable bonds is 7. The summed E-state index contributed by atoms with van der Waals surface area (Å²) in [6.45, 7) is 3.92. The number of aromatic nitrogens is 1. The lowest BCUT2D eigenvalue weighted by Crippen LogP contribution is -2.65. The third-order valence-corrected chi connectivity index (χ3v) is 5.56. The molecule has 10 nitrogen and oxygen atoms in total. The van der Waals surface area contributed by atoms with Gasteiger partial charge in [0.15, 0.2) is 12.2 Å². The fourth-order valence-corrected chi connectivity index (χ4v) is 4.42. The van der Waals surface area contributed by atoms with Crippen LogP contribution in [0.5, 0.6) is 0 Å². The summed E-state index contributed by atoms with van der Waals surface area (Å²) < 4.78 is 61.9. The zero-order valence-electron chi connectivity index (χ0n) is 18.6. The first-order chi connectivity index (χ1) is 15.8. The molecule has 2 rings (SSSR count). The maximum Gasteiger partial charge on any atom is 0.419 e. The maximum absolute atomic E-state index is 13.5. The average Bonchev–Trinajstić information content (AvgIpc) is 2.69. The molecule has 1 aromatic heterocycles. The number of hydrogen-bond acceptors (Lipinski definition) is 10. The maximum atomic E-state index is 13.5. The normalized spacial score (nSPS) is 24.6. The summed E-state index contributed by atoms with van der Waals surface area (Å²) in [5.74, 6) is -2.93. The van der Waals surface area contributed by atoms with Crippen LogP contribution >= 0.6 is 11.8 Å². The van der Waals surface area contributed by atoms with E-state index < -0.39 is 77.0 Å². The molecule has 2 heterocycles. The van der Waals surface area contributed by atoms with Gasteiger partial charge in [-0.3, -0.25) is 19.2 Å². The molecule has 34 heavy (non-hydrogen) atoms. The van der Waals surface area contributed by atoms with Gasteiger partial charge in [0.05, 0.1) is 5.56 Å². The molecule has 1 amide bonds. The van der Waals surface area contributed by atoms with Gasteiger partial charge in [0.1, 0.15) is 29.2 Å². The molecule has 1 aliphatic heterocycles. The van der Waals surface area contributed by atoms with E-state index in [2.05, 4.69) is 10.3 Å². The third kappa shape index (κ3) is 7.58. The number of ether oxygens (including phenoxy) is 4. The van der Waals surface area contributed by atoms with Crippen LogP contribution in [0.1, 0.15) is 33.3 Å². The van der Waals surface area contributed by atoms with Crippen molar-refractivity contribution >= 4 is 35.6 Å². The lowest BCUT2D eigenvalue weighted by Gasteiger charge is -2.45. The van der Waals surface area contributed by atoms with Gasteiger partial charge in [0, 0.05) is 33.9 Å². The van der Waals surface area contributed by atoms with Crippen LogP contribution < -0.4 is 5.32 Å². The zero-order chi connectivity index (χ0) is 25.6. The molecule has 1 aliphatic rings. The van der Waals surface area contributed by atoms with E-state index in [9.17, 15) is 32.3 Å². The van der Waals surface area contributed by atoms with Gasteiger partial charge in [-0.2, -0.15) is 13.2 Å². The molecule has 0 spiro atoms. The quantitative estimate of drug-likeness (QED) is 0.430. The number of halogens is 3. The van der Waals surface area contributed by atoms with Crippen LogP contribution in [0, 0.1) is 0 Å². The molecule has 0 unspecified atom stereocenters. The molecule has 0 aromatic carbocycles. The van der Waals surface area contributed by atoms with Crippen LogP contribution in [0.2, 0.25) is 0 Å². The molecular formula is C20H23F3N2O8S. The van der Waals surface area contributed by atoms with Crippen molar-refractivity contribution in [3.8, 4) is 0 Å². The molecule has 0 saturated carbocycles. The van der Waals surface area contributed by atoms with E-state index in [0.29, 0.717) is 11.8 Å². The topological polar surface area (TPSA) is 130 Å². The Labute approximate surface area is 196 Å². The van der Waals surface area contributed by atoms with Crippen LogP contribution in [0.3, 0.4) is 0 Å². The highest BCUT2D eigenvalue weighted by molar-refractivity contribution is 7.99. The standard InChI is InChI=1S/C20H23F3N2O8S/c1-9(26)25-15-17(32-12(4)29)16(31-11(3)28)14(8-30-10(2)27)33-19(15)34-18-13(20(21,22)23)6-5-7-24-18/h5-7,14-17,19H,8H2,1-4H3,(H,25,26)/t14-,15-,16-,17-,19+/m1/s1. The second kappa shape index (κ2) is 11.5. The van der Waals surface area contributed by atoms with Gasteiger partial charge >= 0.3 is 24.1 Å². The number of hydrogen-bond donors (Lipinski definition) is 1. The van der Waals surface area contributed by atoms with Crippen LogP contribution in [0.15, 0.2) is 23.4 Å². The SMILES string of the molecule is CC(=O)N[C@@H]1[C@@H](OC(C)=O)[C@H](OC(C)=O)[C@@H](COC(C)=O)O[C@H]1Sc1ncccc1C(F)(F)F. The Hall–Kier alpha value is -2.87. The molecule has 0 radical (unpaired) electrons. The summed E-state index contributed by atoms with van der Waals surface area (Å²) in [5.41, 5.74) is -2.36. The number of thioether (sulfide) groups is 1. The van der Waals surface area contributed by atoms with Crippen molar-refractivity contribution in [2.45, 2.75) is 68.7 Å². The number of amides is 1. The van der Waals surface area contributed by atoms with E-state index in [4.69, 9.17) is 18.9 Å². The fourth-order valence-electron chi connectivity index (χ4n) is 3.20. The van der Waals surface area contributed by atoms with Gasteiger partial charge in [-0.15, -0.1) is 0 Å². The summed E-state index contributed by atoms with van der Waals surface area (Å²) in [5, 5.41) is 2.02. The van der Waals surface area contributed by atoms with Gasteiger partial charge in [0.2, 0.25) is 5.91 Å².